The van der Waals surface area contributed by atoms with Crippen LogP contribution >= 0.6 is 15.9 Å². The van der Waals surface area contributed by atoms with Crippen LogP contribution in [-0.2, 0) is 4.79 Å². The molecule has 0 unspecified atom stereocenters. The summed E-state index contributed by atoms with van der Waals surface area (Å²) in [7, 11) is 0. The number of carbonyl (C=O) groups is 1. The van der Waals surface area contributed by atoms with Crippen molar-refractivity contribution in [1.29, 1.82) is 0 Å². The number of hydrogen-bond donors (Lipinski definition) is 2. The molecule has 1 aromatic carbocycles. The van der Waals surface area contributed by atoms with Crippen molar-refractivity contribution in [3.8, 4) is 0 Å². The summed E-state index contributed by atoms with van der Waals surface area (Å²) in [5.41, 5.74) is 0.326. The van der Waals surface area contributed by atoms with Gasteiger partial charge in [-0.1, -0.05) is 12.1 Å². The molecule has 0 saturated carbocycles. The standard InChI is InChI=1S/C10H9BrFNO2/c11-7-3-1-4-8(12)10(7)13-6-2-5-9(14)15/h1-5,13H,6H2,(H,14,15)/b5-2+. The highest BCUT2D eigenvalue weighted by Gasteiger charge is 2.03. The highest BCUT2D eigenvalue weighted by molar-refractivity contribution is 9.10. The van der Waals surface area contributed by atoms with Gasteiger partial charge in [0.05, 0.1) is 5.69 Å². The summed E-state index contributed by atoms with van der Waals surface area (Å²) in [6.45, 7) is 0.256. The summed E-state index contributed by atoms with van der Waals surface area (Å²) in [4.78, 5) is 10.1. The molecule has 3 nitrogen and oxygen atoms in total. The Bertz CT molecular complexity index is 373. The van der Waals surface area contributed by atoms with Gasteiger partial charge in [0.1, 0.15) is 5.82 Å². The maximum atomic E-state index is 13.2. The molecular weight excluding hydrogens is 265 g/mol. The van der Waals surface area contributed by atoms with Gasteiger partial charge >= 0.3 is 5.97 Å². The van der Waals surface area contributed by atoms with E-state index in [9.17, 15) is 9.18 Å². The van der Waals surface area contributed by atoms with E-state index in [2.05, 4.69) is 21.2 Å². The molecular formula is C10H9BrFNO2. The molecule has 0 aliphatic carbocycles. The first-order chi connectivity index (χ1) is 7.11. The first-order valence-corrected chi connectivity index (χ1v) is 4.98. The number of carboxylic acid groups (broad SMARTS) is 1. The SMILES string of the molecule is O=C(O)/C=C/CNc1c(F)cccc1Br. The largest absolute Gasteiger partial charge is 0.478 e. The van der Waals surface area contributed by atoms with Gasteiger partial charge in [-0.15, -0.1) is 0 Å². The molecule has 2 N–H and O–H groups in total. The lowest BCUT2D eigenvalue weighted by atomic mass is 10.3. The molecule has 0 spiro atoms. The van der Waals surface area contributed by atoms with Crippen LogP contribution in [0.1, 0.15) is 0 Å². The number of benzene rings is 1. The van der Waals surface area contributed by atoms with Gasteiger partial charge < -0.3 is 10.4 Å². The van der Waals surface area contributed by atoms with E-state index >= 15 is 0 Å². The Hall–Kier alpha value is -1.36. The van der Waals surface area contributed by atoms with Crippen LogP contribution in [0.4, 0.5) is 10.1 Å². The minimum atomic E-state index is -1.02. The number of aliphatic carboxylic acids is 1. The van der Waals surface area contributed by atoms with E-state index in [0.29, 0.717) is 10.2 Å². The van der Waals surface area contributed by atoms with Gasteiger partial charge in [-0.05, 0) is 28.1 Å². The molecule has 5 heteroatoms. The van der Waals surface area contributed by atoms with Crippen LogP contribution in [0, 0.1) is 5.82 Å². The van der Waals surface area contributed by atoms with Crippen LogP contribution in [0.25, 0.3) is 0 Å². The van der Waals surface area contributed by atoms with E-state index in [1.807, 2.05) is 0 Å². The fourth-order valence-electron chi connectivity index (χ4n) is 0.987. The van der Waals surface area contributed by atoms with Crippen LogP contribution in [0.15, 0.2) is 34.8 Å². The fraction of sp³-hybridized carbons (Fsp3) is 0.100. The zero-order valence-corrected chi connectivity index (χ0v) is 9.29. The highest BCUT2D eigenvalue weighted by atomic mass is 79.9. The quantitative estimate of drug-likeness (QED) is 0.830. The lowest BCUT2D eigenvalue weighted by Crippen LogP contribution is -2.02. The van der Waals surface area contributed by atoms with Crippen molar-refractivity contribution in [2.75, 3.05) is 11.9 Å². The third kappa shape index (κ3) is 3.71. The molecule has 0 aromatic heterocycles. The topological polar surface area (TPSA) is 49.3 Å². The molecule has 0 heterocycles. The third-order valence-corrected chi connectivity index (χ3v) is 2.28. The first kappa shape index (κ1) is 11.7. The normalized spacial score (nSPS) is 10.5. The maximum absolute atomic E-state index is 13.2. The van der Waals surface area contributed by atoms with E-state index in [1.165, 1.54) is 12.1 Å². The van der Waals surface area contributed by atoms with Crippen molar-refractivity contribution in [2.24, 2.45) is 0 Å². The zero-order chi connectivity index (χ0) is 11.3. The van der Waals surface area contributed by atoms with Crippen molar-refractivity contribution in [1.82, 2.24) is 0 Å². The second-order valence-corrected chi connectivity index (χ2v) is 3.57. The summed E-state index contributed by atoms with van der Waals surface area (Å²) in [5.74, 6) is -1.41. The monoisotopic (exact) mass is 273 g/mol. The Kier molecular flexibility index (Phi) is 4.30. The smallest absolute Gasteiger partial charge is 0.328 e. The Balaban J connectivity index is 2.61. The van der Waals surface area contributed by atoms with Crippen LogP contribution in [-0.4, -0.2) is 17.6 Å². The Morgan fingerprint density at radius 3 is 2.93 bits per heavy atom. The van der Waals surface area contributed by atoms with Gasteiger partial charge in [-0.3, -0.25) is 0 Å². The third-order valence-electron chi connectivity index (χ3n) is 1.62. The Labute approximate surface area is 94.7 Å². The van der Waals surface area contributed by atoms with Crippen molar-refractivity contribution < 1.29 is 14.3 Å². The molecule has 1 aromatic rings. The molecule has 0 aliphatic rings. The summed E-state index contributed by atoms with van der Waals surface area (Å²) in [6, 6.07) is 4.61. The fourth-order valence-corrected chi connectivity index (χ4v) is 1.47. The second kappa shape index (κ2) is 5.50. The average Bonchev–Trinajstić information content (AvgIpc) is 2.15. The average molecular weight is 274 g/mol. The van der Waals surface area contributed by atoms with Gasteiger partial charge in [0, 0.05) is 17.1 Å². The molecule has 0 bridgehead atoms. The van der Waals surface area contributed by atoms with Gasteiger partial charge in [-0.25, -0.2) is 9.18 Å². The first-order valence-electron chi connectivity index (χ1n) is 4.18. The molecule has 1 rings (SSSR count). The molecule has 0 atom stereocenters. The van der Waals surface area contributed by atoms with Gasteiger partial charge in [-0.2, -0.15) is 0 Å². The number of para-hydroxylation sites is 1. The van der Waals surface area contributed by atoms with Crippen LogP contribution in [0.3, 0.4) is 0 Å². The molecule has 0 radical (unpaired) electrons. The number of carboxylic acids is 1. The highest BCUT2D eigenvalue weighted by Crippen LogP contribution is 2.24. The van der Waals surface area contributed by atoms with Crippen LogP contribution in [0.2, 0.25) is 0 Å². The Morgan fingerprint density at radius 1 is 1.60 bits per heavy atom. The van der Waals surface area contributed by atoms with Gasteiger partial charge in [0.15, 0.2) is 0 Å². The molecule has 0 aliphatic heterocycles. The van der Waals surface area contributed by atoms with E-state index < -0.39 is 5.97 Å². The number of nitrogens with one attached hydrogen (secondary N) is 1. The van der Waals surface area contributed by atoms with Gasteiger partial charge in [0.2, 0.25) is 0 Å². The van der Waals surface area contributed by atoms with Crippen molar-refractivity contribution in [2.45, 2.75) is 0 Å². The van der Waals surface area contributed by atoms with Crippen molar-refractivity contribution in [3.05, 3.63) is 40.6 Å². The lowest BCUT2D eigenvalue weighted by Gasteiger charge is -2.06. The van der Waals surface area contributed by atoms with Crippen molar-refractivity contribution in [3.63, 3.8) is 0 Å². The predicted molar refractivity (Wildman–Crippen MR) is 59.4 cm³/mol. The minimum Gasteiger partial charge on any atom is -0.478 e. The van der Waals surface area contributed by atoms with Crippen molar-refractivity contribution >= 4 is 27.6 Å². The predicted octanol–water partition coefficient (Wildman–Crippen LogP) is 2.64. The lowest BCUT2D eigenvalue weighted by molar-refractivity contribution is -0.131. The summed E-state index contributed by atoms with van der Waals surface area (Å²) < 4.78 is 13.8. The maximum Gasteiger partial charge on any atom is 0.328 e. The van der Waals surface area contributed by atoms with Crippen LogP contribution in [0.5, 0.6) is 0 Å². The van der Waals surface area contributed by atoms with E-state index in [0.717, 1.165) is 6.08 Å². The summed E-state index contributed by atoms with van der Waals surface area (Å²) in [6.07, 6.45) is 2.41. The Morgan fingerprint density at radius 2 is 2.33 bits per heavy atom. The number of anilines is 1. The zero-order valence-electron chi connectivity index (χ0n) is 7.71. The summed E-state index contributed by atoms with van der Waals surface area (Å²) in [5, 5.41) is 11.1. The number of rotatable bonds is 4. The molecule has 0 amide bonds. The molecule has 80 valence electrons. The molecule has 0 saturated heterocycles. The second-order valence-electron chi connectivity index (χ2n) is 2.72. The van der Waals surface area contributed by atoms with Gasteiger partial charge in [0.25, 0.3) is 0 Å². The number of halogens is 2. The van der Waals surface area contributed by atoms with E-state index in [4.69, 9.17) is 5.11 Å². The summed E-state index contributed by atoms with van der Waals surface area (Å²) >= 11 is 3.19. The van der Waals surface area contributed by atoms with E-state index in [1.54, 1.807) is 12.1 Å². The van der Waals surface area contributed by atoms with E-state index in [-0.39, 0.29) is 12.4 Å². The minimum absolute atomic E-state index is 0.256. The molecule has 0 fully saturated rings. The van der Waals surface area contributed by atoms with Crippen LogP contribution < -0.4 is 5.32 Å². The molecule has 15 heavy (non-hydrogen) atoms. The number of hydrogen-bond acceptors (Lipinski definition) is 2.